The van der Waals surface area contributed by atoms with E-state index < -0.39 is 57.2 Å². The van der Waals surface area contributed by atoms with Gasteiger partial charge in [0.25, 0.3) is 0 Å². The lowest BCUT2D eigenvalue weighted by atomic mass is 9.86. The standard InChI is InChI=1S/C27H22O12/c1-35-18-6-12(7-19-26(18)38-10-37-19)13(8-20(32)36-2)21-16(30)9-17(31)22-23(33)24(34)25(39-27(21)22)11-3-4-14(28)15(29)5-11/h3-7,9,13,28-31,34H,8,10H2,1-2H3/t13-/m1/s1. The van der Waals surface area contributed by atoms with Gasteiger partial charge in [0.2, 0.25) is 23.7 Å². The molecule has 5 rings (SSSR count). The van der Waals surface area contributed by atoms with Gasteiger partial charge in [0, 0.05) is 23.1 Å². The Morgan fingerprint density at radius 1 is 0.949 bits per heavy atom. The summed E-state index contributed by atoms with van der Waals surface area (Å²) in [6.45, 7) is -0.0683. The summed E-state index contributed by atoms with van der Waals surface area (Å²) in [7, 11) is 2.59. The van der Waals surface area contributed by atoms with Crippen molar-refractivity contribution in [1.29, 1.82) is 0 Å². The third-order valence-electron chi connectivity index (χ3n) is 6.41. The highest BCUT2D eigenvalue weighted by molar-refractivity contribution is 5.92. The van der Waals surface area contributed by atoms with Crippen molar-refractivity contribution in [3.63, 3.8) is 0 Å². The van der Waals surface area contributed by atoms with Crippen LogP contribution in [0.1, 0.15) is 23.5 Å². The SMILES string of the molecule is COC(=O)C[C@H](c1cc(OC)c2c(c1)OCO2)c1c(O)cc(O)c2c(=O)c(O)c(-c3ccc(O)c(O)c3)oc12. The number of carbonyl (C=O) groups excluding carboxylic acids is 1. The molecule has 1 aliphatic rings. The van der Waals surface area contributed by atoms with E-state index in [2.05, 4.69) is 0 Å². The summed E-state index contributed by atoms with van der Waals surface area (Å²) in [4.78, 5) is 25.8. The fraction of sp³-hybridized carbons (Fsp3) is 0.185. The molecular weight excluding hydrogens is 516 g/mol. The Bertz CT molecular complexity index is 1690. The third kappa shape index (κ3) is 4.21. The fourth-order valence-corrected chi connectivity index (χ4v) is 4.53. The summed E-state index contributed by atoms with van der Waals surface area (Å²) in [5, 5.41) is 51.4. The minimum absolute atomic E-state index is 0.00449. The fourth-order valence-electron chi connectivity index (χ4n) is 4.53. The number of fused-ring (bicyclic) bond motifs is 2. The lowest BCUT2D eigenvalue weighted by Crippen LogP contribution is -2.13. The van der Waals surface area contributed by atoms with Gasteiger partial charge in [-0.1, -0.05) is 0 Å². The number of rotatable bonds is 6. The first kappa shape index (κ1) is 25.4. The van der Waals surface area contributed by atoms with E-state index in [4.69, 9.17) is 23.4 Å². The Balaban J connectivity index is 1.84. The molecule has 1 aromatic heterocycles. The number of esters is 1. The van der Waals surface area contributed by atoms with Gasteiger partial charge in [0.05, 0.1) is 20.6 Å². The highest BCUT2D eigenvalue weighted by atomic mass is 16.7. The van der Waals surface area contributed by atoms with Crippen molar-refractivity contribution in [3.8, 4) is 57.3 Å². The summed E-state index contributed by atoms with van der Waals surface area (Å²) in [6.07, 6.45) is -0.355. The van der Waals surface area contributed by atoms with Gasteiger partial charge in [-0.3, -0.25) is 9.59 Å². The van der Waals surface area contributed by atoms with Gasteiger partial charge in [-0.2, -0.15) is 0 Å². The maximum atomic E-state index is 13.2. The molecule has 0 saturated carbocycles. The van der Waals surface area contributed by atoms with Gasteiger partial charge < -0.3 is 48.9 Å². The molecule has 3 aromatic carbocycles. The molecule has 39 heavy (non-hydrogen) atoms. The first-order chi connectivity index (χ1) is 18.6. The van der Waals surface area contributed by atoms with Crippen LogP contribution in [0.3, 0.4) is 0 Å². The molecule has 0 spiro atoms. The maximum absolute atomic E-state index is 13.2. The predicted molar refractivity (Wildman–Crippen MR) is 134 cm³/mol. The molecule has 1 atom stereocenters. The first-order valence-electron chi connectivity index (χ1n) is 11.5. The van der Waals surface area contributed by atoms with Gasteiger partial charge >= 0.3 is 5.97 Å². The Morgan fingerprint density at radius 3 is 2.41 bits per heavy atom. The summed E-state index contributed by atoms with van der Waals surface area (Å²) in [5.41, 5.74) is -1.09. The number of carbonyl (C=O) groups is 1. The Kier molecular flexibility index (Phi) is 6.22. The van der Waals surface area contributed by atoms with E-state index in [1.54, 1.807) is 12.1 Å². The number of hydrogen-bond acceptors (Lipinski definition) is 12. The molecule has 202 valence electrons. The Morgan fingerprint density at radius 2 is 1.72 bits per heavy atom. The molecule has 12 heteroatoms. The largest absolute Gasteiger partial charge is 0.507 e. The minimum Gasteiger partial charge on any atom is -0.507 e. The van der Waals surface area contributed by atoms with Crippen LogP contribution in [0.2, 0.25) is 0 Å². The molecule has 0 radical (unpaired) electrons. The highest BCUT2D eigenvalue weighted by Crippen LogP contribution is 2.49. The topological polar surface area (TPSA) is 185 Å². The number of benzene rings is 3. The molecule has 0 fully saturated rings. The number of phenolic OH excluding ortho intramolecular Hbond substituents is 4. The third-order valence-corrected chi connectivity index (χ3v) is 6.41. The van der Waals surface area contributed by atoms with Gasteiger partial charge in [0.15, 0.2) is 28.8 Å². The zero-order valence-electron chi connectivity index (χ0n) is 20.5. The second kappa shape index (κ2) is 9.56. The van der Waals surface area contributed by atoms with Crippen LogP contribution < -0.4 is 19.6 Å². The Labute approximate surface area is 219 Å². The van der Waals surface area contributed by atoms with Crippen LogP contribution >= 0.6 is 0 Å². The molecule has 0 saturated heterocycles. The van der Waals surface area contributed by atoms with Gasteiger partial charge in [-0.05, 0) is 35.9 Å². The van der Waals surface area contributed by atoms with E-state index in [-0.39, 0.29) is 35.7 Å². The zero-order chi connectivity index (χ0) is 28.0. The average Bonchev–Trinajstić information content (AvgIpc) is 3.39. The lowest BCUT2D eigenvalue weighted by molar-refractivity contribution is -0.140. The quantitative estimate of drug-likeness (QED) is 0.178. The predicted octanol–water partition coefficient (Wildman–Crippen LogP) is 3.42. The molecule has 0 aliphatic carbocycles. The van der Waals surface area contributed by atoms with Crippen molar-refractivity contribution in [2.75, 3.05) is 21.0 Å². The number of aromatic hydroxyl groups is 5. The first-order valence-corrected chi connectivity index (χ1v) is 11.5. The van der Waals surface area contributed by atoms with Gasteiger partial charge in [-0.15, -0.1) is 0 Å². The summed E-state index contributed by atoms with van der Waals surface area (Å²) in [5.74, 6) is -4.34. The van der Waals surface area contributed by atoms with Crippen molar-refractivity contribution in [2.24, 2.45) is 0 Å². The Hall–Kier alpha value is -5.26. The molecule has 0 bridgehead atoms. The summed E-state index contributed by atoms with van der Waals surface area (Å²) in [6, 6.07) is 7.46. The molecule has 4 aromatic rings. The van der Waals surface area contributed by atoms with Crippen molar-refractivity contribution in [3.05, 3.63) is 57.7 Å². The van der Waals surface area contributed by atoms with Crippen LogP contribution in [0, 0.1) is 0 Å². The molecule has 0 amide bonds. The second-order valence-corrected chi connectivity index (χ2v) is 8.63. The van der Waals surface area contributed by atoms with Gasteiger partial charge in [0.1, 0.15) is 22.5 Å². The maximum Gasteiger partial charge on any atom is 0.306 e. The van der Waals surface area contributed by atoms with E-state index in [9.17, 15) is 35.1 Å². The normalized spacial score (nSPS) is 12.9. The molecule has 0 unspecified atom stereocenters. The van der Waals surface area contributed by atoms with Crippen molar-refractivity contribution in [2.45, 2.75) is 12.3 Å². The van der Waals surface area contributed by atoms with E-state index in [1.165, 1.54) is 20.3 Å². The van der Waals surface area contributed by atoms with E-state index in [1.807, 2.05) is 0 Å². The number of phenols is 4. The average molecular weight is 538 g/mol. The highest BCUT2D eigenvalue weighted by Gasteiger charge is 2.32. The number of hydrogen-bond donors (Lipinski definition) is 5. The van der Waals surface area contributed by atoms with Gasteiger partial charge in [-0.25, -0.2) is 0 Å². The van der Waals surface area contributed by atoms with E-state index in [0.29, 0.717) is 17.1 Å². The lowest BCUT2D eigenvalue weighted by Gasteiger charge is -2.21. The number of methoxy groups -OCH3 is 2. The summed E-state index contributed by atoms with van der Waals surface area (Å²) >= 11 is 0. The molecule has 2 heterocycles. The van der Waals surface area contributed by atoms with Crippen molar-refractivity contribution >= 4 is 16.9 Å². The van der Waals surface area contributed by atoms with Crippen LogP contribution in [-0.4, -0.2) is 52.5 Å². The van der Waals surface area contributed by atoms with E-state index in [0.717, 1.165) is 18.2 Å². The van der Waals surface area contributed by atoms with E-state index >= 15 is 0 Å². The number of ether oxygens (including phenoxy) is 4. The van der Waals surface area contributed by atoms with Crippen LogP contribution in [0.15, 0.2) is 45.6 Å². The van der Waals surface area contributed by atoms with Crippen LogP contribution in [0.5, 0.6) is 46.0 Å². The van der Waals surface area contributed by atoms with Crippen molar-refractivity contribution in [1.82, 2.24) is 0 Å². The molecule has 12 nitrogen and oxygen atoms in total. The van der Waals surface area contributed by atoms with Crippen LogP contribution in [0.4, 0.5) is 0 Å². The molecule has 5 N–H and O–H groups in total. The van der Waals surface area contributed by atoms with Crippen molar-refractivity contribution < 1.29 is 53.7 Å². The monoisotopic (exact) mass is 538 g/mol. The molecule has 1 aliphatic heterocycles. The summed E-state index contributed by atoms with van der Waals surface area (Å²) < 4.78 is 27.1. The molecular formula is C27H22O12. The van der Waals surface area contributed by atoms with Crippen LogP contribution in [0.25, 0.3) is 22.3 Å². The van der Waals surface area contributed by atoms with Crippen LogP contribution in [-0.2, 0) is 9.53 Å². The minimum atomic E-state index is -1.04. The zero-order valence-corrected chi connectivity index (χ0v) is 20.5. The second-order valence-electron chi connectivity index (χ2n) is 8.63. The smallest absolute Gasteiger partial charge is 0.306 e.